The highest BCUT2D eigenvalue weighted by molar-refractivity contribution is 7.98. The average molecular weight is 311 g/mol. The first kappa shape index (κ1) is 17.7. The van der Waals surface area contributed by atoms with Crippen LogP contribution in [0.5, 0.6) is 5.75 Å². The van der Waals surface area contributed by atoms with E-state index in [1.807, 2.05) is 11.8 Å². The molecule has 21 heavy (non-hydrogen) atoms. The Kier molecular flexibility index (Phi) is 8.00. The highest BCUT2D eigenvalue weighted by Crippen LogP contribution is 2.24. The minimum atomic E-state index is -0.00914. The molecule has 6 heteroatoms. The van der Waals surface area contributed by atoms with Gasteiger partial charge >= 0.3 is 0 Å². The molecule has 0 saturated heterocycles. The summed E-state index contributed by atoms with van der Waals surface area (Å²) >= 11 is 1.83. The molecule has 0 aliphatic carbocycles. The zero-order valence-electron chi connectivity index (χ0n) is 13.0. The molecule has 0 spiro atoms. The number of rotatable bonds is 9. The van der Waals surface area contributed by atoms with Crippen molar-refractivity contribution in [3.63, 3.8) is 0 Å². The smallest absolute Gasteiger partial charge is 0.224 e. The lowest BCUT2D eigenvalue weighted by atomic mass is 10.2. The maximum atomic E-state index is 11.9. The number of carbonyl (C=O) groups excluding carboxylic acids is 1. The number of nitrogens with two attached hydrogens (primary N) is 1. The summed E-state index contributed by atoms with van der Waals surface area (Å²) in [6, 6.07) is 5.24. The number of anilines is 2. The molecule has 1 rings (SSSR count). The molecule has 0 aliphatic heterocycles. The molecule has 0 bridgehead atoms. The van der Waals surface area contributed by atoms with Crippen molar-refractivity contribution in [2.75, 3.05) is 50.3 Å². The fraction of sp³-hybridized carbons (Fsp3) is 0.533. The number of nitrogens with one attached hydrogen (secondary N) is 1. The van der Waals surface area contributed by atoms with E-state index in [9.17, 15) is 4.79 Å². The summed E-state index contributed by atoms with van der Waals surface area (Å²) in [6.07, 6.45) is 3.43. The SMILES string of the molecule is COc1ccc(NC(=O)CCCN(C)CCSC)c(N)c1. The van der Waals surface area contributed by atoms with Crippen LogP contribution in [0, 0.1) is 0 Å². The van der Waals surface area contributed by atoms with Gasteiger partial charge in [0, 0.05) is 24.8 Å². The third-order valence-corrected chi connectivity index (χ3v) is 3.74. The minimum Gasteiger partial charge on any atom is -0.497 e. The fourth-order valence-electron chi connectivity index (χ4n) is 1.86. The number of hydrogen-bond donors (Lipinski definition) is 2. The van der Waals surface area contributed by atoms with Crippen molar-refractivity contribution in [2.24, 2.45) is 0 Å². The van der Waals surface area contributed by atoms with Gasteiger partial charge in [0.15, 0.2) is 0 Å². The van der Waals surface area contributed by atoms with Gasteiger partial charge in [-0.2, -0.15) is 11.8 Å². The van der Waals surface area contributed by atoms with E-state index >= 15 is 0 Å². The Morgan fingerprint density at radius 3 is 2.81 bits per heavy atom. The number of methoxy groups -OCH3 is 1. The minimum absolute atomic E-state index is 0.00914. The van der Waals surface area contributed by atoms with Gasteiger partial charge in [0.25, 0.3) is 0 Å². The van der Waals surface area contributed by atoms with Gasteiger partial charge in [0.2, 0.25) is 5.91 Å². The van der Waals surface area contributed by atoms with Gasteiger partial charge in [0.05, 0.1) is 18.5 Å². The van der Waals surface area contributed by atoms with E-state index in [1.165, 1.54) is 0 Å². The topological polar surface area (TPSA) is 67.6 Å². The van der Waals surface area contributed by atoms with Crippen LogP contribution in [0.2, 0.25) is 0 Å². The van der Waals surface area contributed by atoms with Crippen LogP contribution in [-0.4, -0.2) is 50.1 Å². The quantitative estimate of drug-likeness (QED) is 0.685. The normalized spacial score (nSPS) is 10.7. The molecule has 0 heterocycles. The molecule has 5 nitrogen and oxygen atoms in total. The summed E-state index contributed by atoms with van der Waals surface area (Å²) in [6.45, 7) is 1.97. The van der Waals surface area contributed by atoms with Crippen molar-refractivity contribution >= 4 is 29.0 Å². The predicted octanol–water partition coefficient (Wildman–Crippen LogP) is 2.29. The number of nitrogen functional groups attached to an aromatic ring is 1. The van der Waals surface area contributed by atoms with E-state index in [4.69, 9.17) is 10.5 Å². The maximum Gasteiger partial charge on any atom is 0.224 e. The van der Waals surface area contributed by atoms with Crippen LogP contribution in [0.15, 0.2) is 18.2 Å². The van der Waals surface area contributed by atoms with Crippen molar-refractivity contribution in [3.05, 3.63) is 18.2 Å². The summed E-state index contributed by atoms with van der Waals surface area (Å²) in [4.78, 5) is 14.1. The molecule has 1 amide bonds. The van der Waals surface area contributed by atoms with Crippen molar-refractivity contribution in [3.8, 4) is 5.75 Å². The molecule has 0 radical (unpaired) electrons. The van der Waals surface area contributed by atoms with Gasteiger partial charge in [-0.05, 0) is 38.4 Å². The predicted molar refractivity (Wildman–Crippen MR) is 91.1 cm³/mol. The van der Waals surface area contributed by atoms with Crippen molar-refractivity contribution in [2.45, 2.75) is 12.8 Å². The van der Waals surface area contributed by atoms with Crippen LogP contribution in [-0.2, 0) is 4.79 Å². The third kappa shape index (κ3) is 6.73. The van der Waals surface area contributed by atoms with E-state index in [0.717, 1.165) is 25.3 Å². The first-order chi connectivity index (χ1) is 10.1. The van der Waals surface area contributed by atoms with Crippen LogP contribution in [0.4, 0.5) is 11.4 Å². The fourth-order valence-corrected chi connectivity index (χ4v) is 2.36. The molecule has 0 saturated carbocycles. The van der Waals surface area contributed by atoms with Crippen molar-refractivity contribution in [1.82, 2.24) is 4.90 Å². The Hall–Kier alpha value is -1.40. The van der Waals surface area contributed by atoms with Crippen molar-refractivity contribution < 1.29 is 9.53 Å². The van der Waals surface area contributed by atoms with Gasteiger partial charge in [0.1, 0.15) is 5.75 Å². The Balaban J connectivity index is 2.33. The number of carbonyl (C=O) groups is 1. The standard InChI is InChI=1S/C15H25N3O2S/c1-18(9-10-21-3)8-4-5-15(19)17-14-7-6-12(20-2)11-13(14)16/h6-7,11H,4-5,8-10,16H2,1-3H3,(H,17,19). The van der Waals surface area contributed by atoms with Crippen LogP contribution in [0.3, 0.4) is 0 Å². The number of hydrogen-bond acceptors (Lipinski definition) is 5. The zero-order valence-corrected chi connectivity index (χ0v) is 13.8. The highest BCUT2D eigenvalue weighted by Gasteiger charge is 2.07. The Morgan fingerprint density at radius 2 is 2.19 bits per heavy atom. The lowest BCUT2D eigenvalue weighted by molar-refractivity contribution is -0.116. The number of benzene rings is 1. The molecule has 0 aromatic heterocycles. The second kappa shape index (κ2) is 9.52. The van der Waals surface area contributed by atoms with Crippen LogP contribution < -0.4 is 15.8 Å². The molecule has 1 aromatic rings. The van der Waals surface area contributed by atoms with Gasteiger partial charge in [-0.15, -0.1) is 0 Å². The van der Waals surface area contributed by atoms with E-state index in [0.29, 0.717) is 23.5 Å². The summed E-state index contributed by atoms with van der Waals surface area (Å²) < 4.78 is 5.08. The van der Waals surface area contributed by atoms with E-state index in [-0.39, 0.29) is 5.91 Å². The van der Waals surface area contributed by atoms with Crippen LogP contribution >= 0.6 is 11.8 Å². The lowest BCUT2D eigenvalue weighted by Crippen LogP contribution is -2.23. The van der Waals surface area contributed by atoms with Gasteiger partial charge in [-0.25, -0.2) is 0 Å². The average Bonchev–Trinajstić information content (AvgIpc) is 2.47. The molecule has 3 N–H and O–H groups in total. The van der Waals surface area contributed by atoms with Gasteiger partial charge in [-0.1, -0.05) is 0 Å². The van der Waals surface area contributed by atoms with E-state index < -0.39 is 0 Å². The second-order valence-electron chi connectivity index (χ2n) is 4.90. The summed E-state index contributed by atoms with van der Waals surface area (Å²) in [5.41, 5.74) is 7.02. The van der Waals surface area contributed by atoms with Crippen LogP contribution in [0.1, 0.15) is 12.8 Å². The monoisotopic (exact) mass is 311 g/mol. The zero-order chi connectivity index (χ0) is 15.7. The van der Waals surface area contributed by atoms with E-state index in [2.05, 4.69) is 23.5 Å². The Morgan fingerprint density at radius 1 is 1.43 bits per heavy atom. The highest BCUT2D eigenvalue weighted by atomic mass is 32.2. The number of amides is 1. The Bertz CT molecular complexity index is 455. The molecule has 118 valence electrons. The lowest BCUT2D eigenvalue weighted by Gasteiger charge is -2.15. The van der Waals surface area contributed by atoms with Gasteiger partial charge < -0.3 is 20.7 Å². The number of ether oxygens (including phenoxy) is 1. The summed E-state index contributed by atoms with van der Waals surface area (Å²) in [7, 11) is 3.66. The van der Waals surface area contributed by atoms with E-state index in [1.54, 1.807) is 25.3 Å². The third-order valence-electron chi connectivity index (χ3n) is 3.15. The largest absolute Gasteiger partial charge is 0.497 e. The molecule has 0 unspecified atom stereocenters. The molecule has 0 fully saturated rings. The van der Waals surface area contributed by atoms with Crippen molar-refractivity contribution in [1.29, 1.82) is 0 Å². The molecular formula is C15H25N3O2S. The second-order valence-corrected chi connectivity index (χ2v) is 5.89. The first-order valence-electron chi connectivity index (χ1n) is 6.97. The maximum absolute atomic E-state index is 11.9. The summed E-state index contributed by atoms with van der Waals surface area (Å²) in [5, 5.41) is 2.84. The molecule has 1 aromatic carbocycles. The molecule has 0 aliphatic rings. The molecular weight excluding hydrogens is 286 g/mol. The van der Waals surface area contributed by atoms with Crippen LogP contribution in [0.25, 0.3) is 0 Å². The summed E-state index contributed by atoms with van der Waals surface area (Å²) in [5.74, 6) is 1.79. The number of thioether (sulfide) groups is 1. The van der Waals surface area contributed by atoms with Gasteiger partial charge in [-0.3, -0.25) is 4.79 Å². The number of nitrogens with zero attached hydrogens (tertiary/aromatic N) is 1. The molecule has 0 atom stereocenters. The first-order valence-corrected chi connectivity index (χ1v) is 8.37. The Labute approximate surface area is 131 Å².